The van der Waals surface area contributed by atoms with Crippen molar-refractivity contribution >= 4 is 43.2 Å². The van der Waals surface area contributed by atoms with Crippen molar-refractivity contribution in [2.45, 2.75) is 6.54 Å². The Morgan fingerprint density at radius 1 is 1.06 bits per heavy atom. The fourth-order valence-corrected chi connectivity index (χ4v) is 6.23. The van der Waals surface area contributed by atoms with Crippen LogP contribution in [-0.4, -0.2) is 91.3 Å². The van der Waals surface area contributed by atoms with Gasteiger partial charge < -0.3 is 15.4 Å². The molecule has 0 amide bonds. The smallest absolute Gasteiger partial charge is 0.219 e. The number of fused-ring (bicyclic) bond motifs is 1. The van der Waals surface area contributed by atoms with Crippen LogP contribution in [-0.2, 0) is 21.3 Å². The number of piperazine rings is 1. The van der Waals surface area contributed by atoms with Crippen LogP contribution < -0.4 is 10.6 Å². The molecule has 0 saturated carbocycles. The van der Waals surface area contributed by atoms with E-state index in [1.54, 1.807) is 28.0 Å². The Bertz CT molecular complexity index is 1230. The quantitative estimate of drug-likeness (QED) is 0.565. The van der Waals surface area contributed by atoms with E-state index in [-0.39, 0.29) is 5.95 Å². The minimum atomic E-state index is -3.13. The zero-order valence-electron chi connectivity index (χ0n) is 18.5. The van der Waals surface area contributed by atoms with Gasteiger partial charge in [0, 0.05) is 68.6 Å². The van der Waals surface area contributed by atoms with Crippen molar-refractivity contribution in [3.63, 3.8) is 0 Å². The van der Waals surface area contributed by atoms with Crippen molar-refractivity contribution in [2.75, 3.05) is 69.4 Å². The number of nitrogens with zero attached hydrogens (tertiary/aromatic N) is 6. The van der Waals surface area contributed by atoms with Crippen LogP contribution in [0.4, 0.5) is 11.8 Å². The summed E-state index contributed by atoms with van der Waals surface area (Å²) in [5.41, 5.74) is 7.30. The topological polar surface area (TPSA) is 118 Å². The van der Waals surface area contributed by atoms with Crippen molar-refractivity contribution < 1.29 is 13.2 Å². The number of hydrogen-bond acceptors (Lipinski definition) is 10. The molecule has 10 nitrogen and oxygen atoms in total. The number of nitrogen functional groups attached to an aromatic ring is 1. The van der Waals surface area contributed by atoms with Crippen LogP contribution in [0.2, 0.25) is 0 Å². The second-order valence-electron chi connectivity index (χ2n) is 8.33. The predicted octanol–water partition coefficient (Wildman–Crippen LogP) is 1.25. The van der Waals surface area contributed by atoms with Crippen LogP contribution in [0.5, 0.6) is 0 Å². The summed E-state index contributed by atoms with van der Waals surface area (Å²) < 4.78 is 31.8. The number of rotatable bonds is 5. The van der Waals surface area contributed by atoms with Gasteiger partial charge in [-0.15, -0.1) is 11.3 Å². The maximum atomic E-state index is 11.8. The first-order chi connectivity index (χ1) is 15.9. The molecule has 5 heterocycles. The van der Waals surface area contributed by atoms with E-state index in [9.17, 15) is 8.42 Å². The van der Waals surface area contributed by atoms with Crippen LogP contribution in [0.15, 0.2) is 24.5 Å². The molecule has 2 fully saturated rings. The number of sulfonamides is 1. The summed E-state index contributed by atoms with van der Waals surface area (Å²) in [7, 11) is -3.13. The van der Waals surface area contributed by atoms with E-state index in [0.29, 0.717) is 26.3 Å². The number of aromatic nitrogens is 3. The summed E-state index contributed by atoms with van der Waals surface area (Å²) >= 11 is 1.75. The fraction of sp³-hybridized carbons (Fsp3) is 0.476. The third kappa shape index (κ3) is 4.94. The second-order valence-corrected chi connectivity index (χ2v) is 11.4. The molecule has 2 aliphatic heterocycles. The molecule has 33 heavy (non-hydrogen) atoms. The highest BCUT2D eigenvalue weighted by Gasteiger charge is 2.24. The summed E-state index contributed by atoms with van der Waals surface area (Å²) in [6, 6.07) is 4.30. The minimum Gasteiger partial charge on any atom is -0.378 e. The third-order valence-electron chi connectivity index (χ3n) is 5.99. The number of nitrogens with two attached hydrogens (primary N) is 1. The van der Waals surface area contributed by atoms with Gasteiger partial charge in [0.2, 0.25) is 16.0 Å². The van der Waals surface area contributed by atoms with Gasteiger partial charge in [-0.1, -0.05) is 0 Å². The first kappa shape index (κ1) is 22.4. The van der Waals surface area contributed by atoms with Crippen molar-refractivity contribution in [3.05, 3.63) is 29.4 Å². The zero-order chi connectivity index (χ0) is 23.0. The Balaban J connectivity index is 1.45. The molecule has 0 bridgehead atoms. The normalized spacial score (nSPS) is 18.8. The average molecular weight is 490 g/mol. The Labute approximate surface area is 197 Å². The molecule has 2 saturated heterocycles. The lowest BCUT2D eigenvalue weighted by Gasteiger charge is -2.32. The molecule has 3 aromatic heterocycles. The summed E-state index contributed by atoms with van der Waals surface area (Å²) in [5.74, 6) is 1.20. The number of thiophene rings is 1. The highest BCUT2D eigenvalue weighted by Crippen LogP contribution is 2.36. The van der Waals surface area contributed by atoms with E-state index >= 15 is 0 Å². The standard InChI is InChI=1S/C21H27N7O3S2/c1-33(29,30)28-4-2-26(3-5-28)14-17-10-15-11-18(16-12-23-21(22)24-13-16)25-20(19(15)32-17)27-6-8-31-9-7-27/h10-13H,2-9,14H2,1H3,(H2,22,23,24). The summed E-state index contributed by atoms with van der Waals surface area (Å²) in [5, 5.41) is 1.13. The first-order valence-electron chi connectivity index (χ1n) is 10.9. The lowest BCUT2D eigenvalue weighted by Crippen LogP contribution is -2.47. The molecule has 0 spiro atoms. The fourth-order valence-electron chi connectivity index (χ4n) is 4.21. The lowest BCUT2D eigenvalue weighted by molar-refractivity contribution is 0.122. The molecule has 0 aliphatic carbocycles. The SMILES string of the molecule is CS(=O)(=O)N1CCN(Cc2cc3cc(-c4cnc(N)nc4)nc(N4CCOCC4)c3s2)CC1. The Morgan fingerprint density at radius 3 is 2.42 bits per heavy atom. The Hall–Kier alpha value is -2.38. The maximum absolute atomic E-state index is 11.8. The number of ether oxygens (including phenoxy) is 1. The Morgan fingerprint density at radius 2 is 1.76 bits per heavy atom. The lowest BCUT2D eigenvalue weighted by atomic mass is 10.1. The molecule has 12 heteroatoms. The number of anilines is 2. The van der Waals surface area contributed by atoms with Gasteiger partial charge in [-0.2, -0.15) is 4.31 Å². The first-order valence-corrected chi connectivity index (χ1v) is 13.5. The summed E-state index contributed by atoms with van der Waals surface area (Å²) in [4.78, 5) is 19.1. The molecule has 0 aromatic carbocycles. The van der Waals surface area contributed by atoms with Gasteiger partial charge >= 0.3 is 0 Å². The van der Waals surface area contributed by atoms with Crippen LogP contribution in [0.1, 0.15) is 4.88 Å². The molecule has 176 valence electrons. The molecule has 5 rings (SSSR count). The van der Waals surface area contributed by atoms with E-state index in [0.717, 1.165) is 59.9 Å². The maximum Gasteiger partial charge on any atom is 0.219 e. The zero-order valence-corrected chi connectivity index (χ0v) is 20.1. The van der Waals surface area contributed by atoms with Crippen LogP contribution in [0.3, 0.4) is 0 Å². The highest BCUT2D eigenvalue weighted by atomic mass is 32.2. The van der Waals surface area contributed by atoms with Crippen LogP contribution >= 0.6 is 11.3 Å². The third-order valence-corrected chi connectivity index (χ3v) is 8.43. The van der Waals surface area contributed by atoms with Crippen molar-refractivity contribution in [1.82, 2.24) is 24.2 Å². The molecule has 2 aliphatic rings. The molecule has 0 radical (unpaired) electrons. The molecule has 0 atom stereocenters. The van der Waals surface area contributed by atoms with Crippen LogP contribution in [0.25, 0.3) is 21.3 Å². The molecular formula is C21H27N7O3S2. The molecule has 2 N–H and O–H groups in total. The van der Waals surface area contributed by atoms with Crippen LogP contribution in [0, 0.1) is 0 Å². The monoisotopic (exact) mass is 489 g/mol. The van der Waals surface area contributed by atoms with Gasteiger partial charge in [0.25, 0.3) is 0 Å². The molecule has 0 unspecified atom stereocenters. The highest BCUT2D eigenvalue weighted by molar-refractivity contribution is 7.88. The molecular weight excluding hydrogens is 462 g/mol. The van der Waals surface area contributed by atoms with E-state index in [2.05, 4.69) is 31.9 Å². The largest absolute Gasteiger partial charge is 0.378 e. The van der Waals surface area contributed by atoms with Gasteiger partial charge in [-0.3, -0.25) is 4.90 Å². The van der Waals surface area contributed by atoms with E-state index in [1.807, 2.05) is 0 Å². The van der Waals surface area contributed by atoms with E-state index < -0.39 is 10.0 Å². The summed E-state index contributed by atoms with van der Waals surface area (Å²) in [6.45, 7) is 6.27. The minimum absolute atomic E-state index is 0.238. The van der Waals surface area contributed by atoms with E-state index in [4.69, 9.17) is 15.5 Å². The predicted molar refractivity (Wildman–Crippen MR) is 130 cm³/mol. The number of hydrogen-bond donors (Lipinski definition) is 1. The van der Waals surface area contributed by atoms with E-state index in [1.165, 1.54) is 11.1 Å². The van der Waals surface area contributed by atoms with Crippen molar-refractivity contribution in [2.24, 2.45) is 0 Å². The second kappa shape index (κ2) is 9.11. The molecule has 3 aromatic rings. The van der Waals surface area contributed by atoms with Crippen molar-refractivity contribution in [1.29, 1.82) is 0 Å². The Kier molecular flexibility index (Phi) is 6.18. The average Bonchev–Trinajstić information content (AvgIpc) is 3.21. The van der Waals surface area contributed by atoms with Gasteiger partial charge in [0.1, 0.15) is 5.82 Å². The van der Waals surface area contributed by atoms with Crippen molar-refractivity contribution in [3.8, 4) is 11.3 Å². The van der Waals surface area contributed by atoms with Gasteiger partial charge in [0.15, 0.2) is 0 Å². The number of pyridine rings is 1. The van der Waals surface area contributed by atoms with Gasteiger partial charge in [0.05, 0.1) is 29.9 Å². The summed E-state index contributed by atoms with van der Waals surface area (Å²) in [6.07, 6.45) is 4.68. The van der Waals surface area contributed by atoms with Gasteiger partial charge in [-0.05, 0) is 17.5 Å². The number of morpholine rings is 1. The van der Waals surface area contributed by atoms with Gasteiger partial charge in [-0.25, -0.2) is 23.4 Å².